The molecule has 1 saturated heterocycles. The molecule has 6 nitrogen and oxygen atoms in total. The predicted octanol–water partition coefficient (Wildman–Crippen LogP) is 3.51. The van der Waals surface area contributed by atoms with E-state index < -0.39 is 10.0 Å². The highest BCUT2D eigenvalue weighted by molar-refractivity contribution is 7.89. The zero-order valence-corrected chi connectivity index (χ0v) is 19.8. The molecule has 1 N–H and O–H groups in total. The largest absolute Gasteiger partial charge is 0.355 e. The number of thiazole rings is 1. The second-order valence-electron chi connectivity index (χ2n) is 8.85. The normalized spacial score (nSPS) is 16.5. The number of aromatic nitrogens is 1. The first-order valence-corrected chi connectivity index (χ1v) is 12.7. The van der Waals surface area contributed by atoms with Crippen LogP contribution in [0, 0.1) is 12.8 Å². The van der Waals surface area contributed by atoms with Gasteiger partial charge in [-0.05, 0) is 42.9 Å². The van der Waals surface area contributed by atoms with Crippen molar-refractivity contribution < 1.29 is 13.2 Å². The summed E-state index contributed by atoms with van der Waals surface area (Å²) in [4.78, 5) is 17.2. The molecule has 1 aromatic heterocycles. The van der Waals surface area contributed by atoms with Crippen molar-refractivity contribution in [3.05, 3.63) is 45.9 Å². The van der Waals surface area contributed by atoms with Gasteiger partial charge in [0, 0.05) is 37.4 Å². The van der Waals surface area contributed by atoms with Crippen molar-refractivity contribution in [1.82, 2.24) is 14.6 Å². The molecule has 164 valence electrons. The van der Waals surface area contributed by atoms with E-state index in [-0.39, 0.29) is 17.2 Å². The molecule has 1 fully saturated rings. The lowest BCUT2D eigenvalue weighted by atomic mass is 9.87. The molecule has 0 unspecified atom stereocenters. The Labute approximate surface area is 183 Å². The fourth-order valence-corrected chi connectivity index (χ4v) is 5.73. The van der Waals surface area contributed by atoms with Crippen molar-refractivity contribution >= 4 is 27.3 Å². The van der Waals surface area contributed by atoms with Gasteiger partial charge in [0.1, 0.15) is 0 Å². The van der Waals surface area contributed by atoms with Crippen molar-refractivity contribution in [2.75, 3.05) is 19.6 Å². The Balaban J connectivity index is 1.51. The van der Waals surface area contributed by atoms with E-state index in [9.17, 15) is 13.2 Å². The summed E-state index contributed by atoms with van der Waals surface area (Å²) in [6.07, 6.45) is 1.80. The minimum atomic E-state index is -3.53. The third kappa shape index (κ3) is 5.47. The van der Waals surface area contributed by atoms with Gasteiger partial charge in [0.25, 0.3) is 0 Å². The summed E-state index contributed by atoms with van der Waals surface area (Å²) in [5.41, 5.74) is 2.08. The number of benzene rings is 1. The number of hydrogen-bond acceptors (Lipinski definition) is 5. The van der Waals surface area contributed by atoms with E-state index in [0.717, 1.165) is 16.3 Å². The molecular formula is C22H31N3O3S2. The average Bonchev–Trinajstić information content (AvgIpc) is 3.12. The van der Waals surface area contributed by atoms with Gasteiger partial charge in [0.15, 0.2) is 0 Å². The number of piperidine rings is 1. The summed E-state index contributed by atoms with van der Waals surface area (Å²) in [5.74, 6) is -0.134. The summed E-state index contributed by atoms with van der Waals surface area (Å²) < 4.78 is 27.5. The number of aryl methyl sites for hydroxylation is 1. The second kappa shape index (κ2) is 9.16. The lowest BCUT2D eigenvalue weighted by Gasteiger charge is -2.30. The van der Waals surface area contributed by atoms with Gasteiger partial charge >= 0.3 is 0 Å². The molecule has 3 rings (SSSR count). The fourth-order valence-electron chi connectivity index (χ4n) is 3.62. The highest BCUT2D eigenvalue weighted by atomic mass is 32.2. The van der Waals surface area contributed by atoms with Crippen LogP contribution in [0.2, 0.25) is 0 Å². The van der Waals surface area contributed by atoms with Gasteiger partial charge in [-0.15, -0.1) is 11.3 Å². The molecule has 0 saturated carbocycles. The van der Waals surface area contributed by atoms with Crippen molar-refractivity contribution in [2.45, 2.75) is 57.3 Å². The van der Waals surface area contributed by atoms with Crippen LogP contribution in [0.1, 0.15) is 49.9 Å². The number of nitrogens with zero attached hydrogens (tertiary/aromatic N) is 2. The molecule has 8 heteroatoms. The SMILES string of the molecule is Cc1nc(CCNC(=O)C2CCN(S(=O)(=O)c3ccc(C(C)(C)C)cc3)CC2)cs1. The van der Waals surface area contributed by atoms with Crippen LogP contribution in [0.3, 0.4) is 0 Å². The molecule has 0 radical (unpaired) electrons. The molecule has 0 spiro atoms. The first-order chi connectivity index (χ1) is 14.1. The van der Waals surface area contributed by atoms with E-state index in [1.165, 1.54) is 4.31 Å². The van der Waals surface area contributed by atoms with E-state index in [1.807, 2.05) is 24.4 Å². The molecule has 1 amide bonds. The smallest absolute Gasteiger partial charge is 0.243 e. The van der Waals surface area contributed by atoms with Crippen molar-refractivity contribution in [3.63, 3.8) is 0 Å². The first kappa shape index (κ1) is 22.9. The van der Waals surface area contributed by atoms with Gasteiger partial charge in [0.05, 0.1) is 15.6 Å². The first-order valence-electron chi connectivity index (χ1n) is 10.4. The fraction of sp³-hybridized carbons (Fsp3) is 0.545. The van der Waals surface area contributed by atoms with Crippen LogP contribution in [0.25, 0.3) is 0 Å². The van der Waals surface area contributed by atoms with Gasteiger partial charge in [-0.2, -0.15) is 4.31 Å². The summed E-state index contributed by atoms with van der Waals surface area (Å²) >= 11 is 1.61. The third-order valence-corrected chi connectivity index (χ3v) is 8.26. The van der Waals surface area contributed by atoms with Crippen LogP contribution >= 0.6 is 11.3 Å². The Bertz CT molecular complexity index is 968. The summed E-state index contributed by atoms with van der Waals surface area (Å²) in [5, 5.41) is 6.01. The van der Waals surface area contributed by atoms with Crippen LogP contribution in [-0.2, 0) is 26.7 Å². The molecule has 0 atom stereocenters. The van der Waals surface area contributed by atoms with Crippen LogP contribution in [0.5, 0.6) is 0 Å². The van der Waals surface area contributed by atoms with Gasteiger partial charge in [0.2, 0.25) is 15.9 Å². The van der Waals surface area contributed by atoms with Crippen molar-refractivity contribution in [2.24, 2.45) is 5.92 Å². The van der Waals surface area contributed by atoms with Gasteiger partial charge < -0.3 is 5.32 Å². The van der Waals surface area contributed by atoms with Crippen molar-refractivity contribution in [3.8, 4) is 0 Å². The summed E-state index contributed by atoms with van der Waals surface area (Å²) in [6.45, 7) is 9.56. The van der Waals surface area contributed by atoms with Crippen LogP contribution in [0.4, 0.5) is 0 Å². The summed E-state index contributed by atoms with van der Waals surface area (Å²) in [6, 6.07) is 7.15. The number of rotatable bonds is 6. The molecule has 30 heavy (non-hydrogen) atoms. The van der Waals surface area contributed by atoms with Crippen molar-refractivity contribution in [1.29, 1.82) is 0 Å². The Hall–Kier alpha value is -1.77. The minimum absolute atomic E-state index is 0.00790. The standard InChI is InChI=1S/C22H31N3O3S2/c1-16-24-19(15-29-16)9-12-23-21(26)17-10-13-25(14-11-17)30(27,28)20-7-5-18(6-8-20)22(2,3)4/h5-8,15,17H,9-14H2,1-4H3,(H,23,26). The Morgan fingerprint density at radius 1 is 1.20 bits per heavy atom. The number of carbonyl (C=O) groups excluding carboxylic acids is 1. The molecule has 1 aliphatic heterocycles. The number of sulfonamides is 1. The van der Waals surface area contributed by atoms with E-state index in [4.69, 9.17) is 0 Å². The van der Waals surface area contributed by atoms with E-state index in [2.05, 4.69) is 31.1 Å². The zero-order valence-electron chi connectivity index (χ0n) is 18.1. The molecule has 1 aliphatic rings. The second-order valence-corrected chi connectivity index (χ2v) is 11.9. The quantitative estimate of drug-likeness (QED) is 0.732. The molecule has 0 aliphatic carbocycles. The minimum Gasteiger partial charge on any atom is -0.355 e. The predicted molar refractivity (Wildman–Crippen MR) is 120 cm³/mol. The zero-order chi connectivity index (χ0) is 21.9. The number of nitrogens with one attached hydrogen (secondary N) is 1. The average molecular weight is 450 g/mol. The maximum absolute atomic E-state index is 13.0. The van der Waals surface area contributed by atoms with E-state index >= 15 is 0 Å². The van der Waals surface area contributed by atoms with Crippen LogP contribution < -0.4 is 5.32 Å². The lowest BCUT2D eigenvalue weighted by molar-refractivity contribution is -0.126. The van der Waals surface area contributed by atoms with Gasteiger partial charge in [-0.25, -0.2) is 13.4 Å². The van der Waals surface area contributed by atoms with Gasteiger partial charge in [-0.3, -0.25) is 4.79 Å². The monoisotopic (exact) mass is 449 g/mol. The highest BCUT2D eigenvalue weighted by Crippen LogP contribution is 2.27. The molecule has 2 heterocycles. The van der Waals surface area contributed by atoms with E-state index in [0.29, 0.717) is 43.8 Å². The topological polar surface area (TPSA) is 79.4 Å². The Morgan fingerprint density at radius 2 is 1.83 bits per heavy atom. The molecule has 0 bridgehead atoms. The van der Waals surface area contributed by atoms with Crippen LogP contribution in [0.15, 0.2) is 34.5 Å². The Kier molecular flexibility index (Phi) is 6.99. The number of amides is 1. The van der Waals surface area contributed by atoms with E-state index in [1.54, 1.807) is 23.5 Å². The highest BCUT2D eigenvalue weighted by Gasteiger charge is 2.32. The maximum Gasteiger partial charge on any atom is 0.243 e. The molecular weight excluding hydrogens is 418 g/mol. The molecule has 2 aromatic rings. The number of hydrogen-bond donors (Lipinski definition) is 1. The van der Waals surface area contributed by atoms with Gasteiger partial charge in [-0.1, -0.05) is 32.9 Å². The Morgan fingerprint density at radius 3 is 2.37 bits per heavy atom. The lowest BCUT2D eigenvalue weighted by Crippen LogP contribution is -2.43. The summed E-state index contributed by atoms with van der Waals surface area (Å²) in [7, 11) is -3.53. The molecule has 1 aromatic carbocycles. The maximum atomic E-state index is 13.0. The third-order valence-electron chi connectivity index (χ3n) is 5.53. The number of carbonyl (C=O) groups is 1. The van der Waals surface area contributed by atoms with Crippen LogP contribution in [-0.4, -0.2) is 43.2 Å².